The van der Waals surface area contributed by atoms with Gasteiger partial charge in [0, 0.05) is 22.9 Å². The first-order chi connectivity index (χ1) is 6.27. The van der Waals surface area contributed by atoms with Crippen molar-refractivity contribution in [2.24, 2.45) is 0 Å². The lowest BCUT2D eigenvalue weighted by molar-refractivity contribution is -0.384. The molecule has 64 valence electrons. The molecule has 0 spiro atoms. The van der Waals surface area contributed by atoms with Gasteiger partial charge in [-0.1, -0.05) is 0 Å². The summed E-state index contributed by atoms with van der Waals surface area (Å²) in [7, 11) is 0. The fourth-order valence-corrected chi connectivity index (χ4v) is 1.10. The van der Waals surface area contributed by atoms with Gasteiger partial charge in [-0.25, -0.2) is 0 Å². The van der Waals surface area contributed by atoms with Crippen LogP contribution in [-0.4, -0.2) is 15.1 Å². The first-order valence-corrected chi connectivity index (χ1v) is 3.62. The van der Waals surface area contributed by atoms with Gasteiger partial charge in [0.2, 0.25) is 0 Å². The zero-order valence-corrected chi connectivity index (χ0v) is 6.54. The van der Waals surface area contributed by atoms with E-state index in [4.69, 9.17) is 0 Å². The number of nitrogens with zero attached hydrogens (tertiary/aromatic N) is 3. The summed E-state index contributed by atoms with van der Waals surface area (Å²) in [5.41, 5.74) is 0.0699. The van der Waals surface area contributed by atoms with E-state index in [-0.39, 0.29) is 5.69 Å². The van der Waals surface area contributed by atoms with Crippen LogP contribution in [0.15, 0.2) is 30.6 Å². The van der Waals surface area contributed by atoms with Crippen LogP contribution in [0.4, 0.5) is 5.69 Å². The Morgan fingerprint density at radius 3 is 2.54 bits per heavy atom. The third kappa shape index (κ3) is 1.31. The monoisotopic (exact) mass is 175 g/mol. The molecule has 0 saturated carbocycles. The van der Waals surface area contributed by atoms with E-state index < -0.39 is 4.92 Å². The van der Waals surface area contributed by atoms with E-state index in [1.807, 2.05) is 0 Å². The van der Waals surface area contributed by atoms with Gasteiger partial charge in [-0.3, -0.25) is 10.1 Å². The van der Waals surface area contributed by atoms with Crippen LogP contribution in [0, 0.1) is 10.1 Å². The third-order valence-electron chi connectivity index (χ3n) is 1.74. The Labute approximate surface area is 73.2 Å². The molecular weight excluding hydrogens is 170 g/mol. The molecule has 0 saturated heterocycles. The van der Waals surface area contributed by atoms with E-state index in [0.717, 1.165) is 10.8 Å². The Morgan fingerprint density at radius 1 is 1.15 bits per heavy atom. The number of aromatic nitrogens is 2. The maximum atomic E-state index is 10.4. The van der Waals surface area contributed by atoms with Crippen LogP contribution >= 0.6 is 0 Å². The second kappa shape index (κ2) is 2.78. The standard InChI is InChI=1S/C8H5N3O2/c12-11(13)8-2-1-6-4-9-10-5-7(6)3-8/h1-5H. The normalized spacial score (nSPS) is 10.2. The zero-order valence-electron chi connectivity index (χ0n) is 6.54. The van der Waals surface area contributed by atoms with E-state index in [9.17, 15) is 10.1 Å². The van der Waals surface area contributed by atoms with Gasteiger partial charge in [-0.2, -0.15) is 10.2 Å². The fourth-order valence-electron chi connectivity index (χ4n) is 1.10. The maximum absolute atomic E-state index is 10.4. The Bertz CT molecular complexity index is 470. The number of nitro groups is 1. The topological polar surface area (TPSA) is 68.9 Å². The summed E-state index contributed by atoms with van der Waals surface area (Å²) in [6, 6.07) is 4.58. The highest BCUT2D eigenvalue weighted by Crippen LogP contribution is 2.18. The lowest BCUT2D eigenvalue weighted by Gasteiger charge is -1.94. The molecule has 5 heteroatoms. The number of hydrogen-bond donors (Lipinski definition) is 0. The Morgan fingerprint density at radius 2 is 1.85 bits per heavy atom. The second-order valence-electron chi connectivity index (χ2n) is 2.56. The predicted molar refractivity (Wildman–Crippen MR) is 46.2 cm³/mol. The second-order valence-corrected chi connectivity index (χ2v) is 2.56. The van der Waals surface area contributed by atoms with Crippen molar-refractivity contribution >= 4 is 16.5 Å². The molecule has 0 unspecified atom stereocenters. The van der Waals surface area contributed by atoms with Crippen molar-refractivity contribution in [1.82, 2.24) is 10.2 Å². The van der Waals surface area contributed by atoms with Crippen LogP contribution in [0.3, 0.4) is 0 Å². The van der Waals surface area contributed by atoms with E-state index in [0.29, 0.717) is 0 Å². The molecule has 1 aromatic heterocycles. The van der Waals surface area contributed by atoms with E-state index in [2.05, 4.69) is 10.2 Å². The summed E-state index contributed by atoms with van der Waals surface area (Å²) in [4.78, 5) is 9.98. The molecule has 0 fully saturated rings. The van der Waals surface area contributed by atoms with Gasteiger partial charge < -0.3 is 0 Å². The molecule has 5 nitrogen and oxygen atoms in total. The van der Waals surface area contributed by atoms with Crippen molar-refractivity contribution in [2.45, 2.75) is 0 Å². The van der Waals surface area contributed by atoms with E-state index >= 15 is 0 Å². The number of non-ortho nitro benzene ring substituents is 1. The van der Waals surface area contributed by atoms with Gasteiger partial charge in [0.1, 0.15) is 0 Å². The number of rotatable bonds is 1. The van der Waals surface area contributed by atoms with Gasteiger partial charge in [0.25, 0.3) is 5.69 Å². The van der Waals surface area contributed by atoms with Crippen LogP contribution in [0.25, 0.3) is 10.8 Å². The maximum Gasteiger partial charge on any atom is 0.270 e. The highest BCUT2D eigenvalue weighted by Gasteiger charge is 2.05. The molecule has 0 N–H and O–H groups in total. The minimum Gasteiger partial charge on any atom is -0.258 e. The average Bonchev–Trinajstić information content (AvgIpc) is 2.17. The zero-order chi connectivity index (χ0) is 9.26. The van der Waals surface area contributed by atoms with Crippen molar-refractivity contribution in [3.63, 3.8) is 0 Å². The molecule has 1 heterocycles. The first kappa shape index (κ1) is 7.60. The largest absolute Gasteiger partial charge is 0.270 e. The van der Waals surface area contributed by atoms with Gasteiger partial charge in [-0.15, -0.1) is 0 Å². The molecule has 1 aromatic carbocycles. The van der Waals surface area contributed by atoms with Gasteiger partial charge in [-0.05, 0) is 6.07 Å². The third-order valence-corrected chi connectivity index (χ3v) is 1.74. The molecule has 0 amide bonds. The highest BCUT2D eigenvalue weighted by molar-refractivity contribution is 5.82. The SMILES string of the molecule is O=[N+]([O-])c1ccc2cnncc2c1. The minimum atomic E-state index is -0.431. The van der Waals surface area contributed by atoms with Crippen LogP contribution < -0.4 is 0 Å². The fraction of sp³-hybridized carbons (Fsp3) is 0. The lowest BCUT2D eigenvalue weighted by Crippen LogP contribution is -1.88. The summed E-state index contributed by atoms with van der Waals surface area (Å²) < 4.78 is 0. The summed E-state index contributed by atoms with van der Waals surface area (Å²) in [5.74, 6) is 0. The number of benzene rings is 1. The molecular formula is C8H5N3O2. The molecule has 0 atom stereocenters. The molecule has 2 rings (SSSR count). The average molecular weight is 175 g/mol. The van der Waals surface area contributed by atoms with Crippen molar-refractivity contribution in [3.05, 3.63) is 40.7 Å². The molecule has 13 heavy (non-hydrogen) atoms. The first-order valence-electron chi connectivity index (χ1n) is 3.62. The van der Waals surface area contributed by atoms with E-state index in [1.165, 1.54) is 18.3 Å². The quantitative estimate of drug-likeness (QED) is 0.487. The van der Waals surface area contributed by atoms with Gasteiger partial charge >= 0.3 is 0 Å². The summed E-state index contributed by atoms with van der Waals surface area (Å²) in [6.07, 6.45) is 3.07. The van der Waals surface area contributed by atoms with Crippen LogP contribution in [-0.2, 0) is 0 Å². The van der Waals surface area contributed by atoms with Crippen LogP contribution in [0.5, 0.6) is 0 Å². The number of nitro benzene ring substituents is 1. The Balaban J connectivity index is 2.69. The smallest absolute Gasteiger partial charge is 0.258 e. The molecule has 0 bridgehead atoms. The van der Waals surface area contributed by atoms with Crippen molar-refractivity contribution in [3.8, 4) is 0 Å². The Kier molecular flexibility index (Phi) is 1.63. The molecule has 2 aromatic rings. The summed E-state index contributed by atoms with van der Waals surface area (Å²) in [6.45, 7) is 0. The predicted octanol–water partition coefficient (Wildman–Crippen LogP) is 1.54. The Hall–Kier alpha value is -2.04. The summed E-state index contributed by atoms with van der Waals surface area (Å²) in [5, 5.41) is 19.3. The van der Waals surface area contributed by atoms with Crippen LogP contribution in [0.2, 0.25) is 0 Å². The highest BCUT2D eigenvalue weighted by atomic mass is 16.6. The summed E-state index contributed by atoms with van der Waals surface area (Å²) >= 11 is 0. The van der Waals surface area contributed by atoms with Crippen molar-refractivity contribution in [1.29, 1.82) is 0 Å². The van der Waals surface area contributed by atoms with Gasteiger partial charge in [0.15, 0.2) is 0 Å². The lowest BCUT2D eigenvalue weighted by atomic mass is 10.2. The number of hydrogen-bond acceptors (Lipinski definition) is 4. The molecule has 0 aliphatic carbocycles. The van der Waals surface area contributed by atoms with Crippen LogP contribution in [0.1, 0.15) is 0 Å². The van der Waals surface area contributed by atoms with Gasteiger partial charge in [0.05, 0.1) is 17.3 Å². The minimum absolute atomic E-state index is 0.0699. The van der Waals surface area contributed by atoms with Crippen molar-refractivity contribution < 1.29 is 4.92 Å². The molecule has 0 aliphatic heterocycles. The van der Waals surface area contributed by atoms with E-state index in [1.54, 1.807) is 12.3 Å². The molecule has 0 radical (unpaired) electrons. The number of fused-ring (bicyclic) bond motifs is 1. The molecule has 0 aliphatic rings. The van der Waals surface area contributed by atoms with Crippen molar-refractivity contribution in [2.75, 3.05) is 0 Å².